The zero-order valence-corrected chi connectivity index (χ0v) is 11.1. The van der Waals surface area contributed by atoms with Crippen molar-refractivity contribution in [1.82, 2.24) is 10.2 Å². The fourth-order valence-electron chi connectivity index (χ4n) is 3.13. The van der Waals surface area contributed by atoms with E-state index in [-0.39, 0.29) is 0 Å². The summed E-state index contributed by atoms with van der Waals surface area (Å²) in [4.78, 5) is 14.2. The minimum Gasteiger partial charge on any atom is -0.341 e. The summed E-state index contributed by atoms with van der Waals surface area (Å²) in [6.07, 6.45) is 9.82. The molecule has 0 aromatic heterocycles. The van der Waals surface area contributed by atoms with E-state index >= 15 is 0 Å². The average Bonchev–Trinajstić information content (AvgIpc) is 2.74. The van der Waals surface area contributed by atoms with Crippen molar-refractivity contribution in [3.8, 4) is 0 Å². The molecule has 0 aromatic carbocycles. The molecule has 1 atom stereocenters. The number of hydrogen-bond donors (Lipinski definition) is 1. The van der Waals surface area contributed by atoms with Gasteiger partial charge in [-0.1, -0.05) is 25.7 Å². The number of hydrogen-bond acceptors (Lipinski definition) is 2. The third-order valence-corrected chi connectivity index (χ3v) is 4.41. The number of rotatable bonds is 3. The lowest BCUT2D eigenvalue weighted by Crippen LogP contribution is -2.39. The Morgan fingerprint density at radius 1 is 1.18 bits per heavy atom. The van der Waals surface area contributed by atoms with Crippen LogP contribution in [0.25, 0.3) is 0 Å². The third-order valence-electron chi connectivity index (χ3n) is 4.41. The topological polar surface area (TPSA) is 32.3 Å². The second-order valence-electron chi connectivity index (χ2n) is 5.71. The summed E-state index contributed by atoms with van der Waals surface area (Å²) in [5.74, 6) is 1.02. The summed E-state index contributed by atoms with van der Waals surface area (Å²) in [5, 5.41) is 3.33. The largest absolute Gasteiger partial charge is 0.341 e. The molecule has 98 valence electrons. The average molecular weight is 238 g/mol. The lowest BCUT2D eigenvalue weighted by molar-refractivity contribution is -0.132. The minimum atomic E-state index is 0.366. The van der Waals surface area contributed by atoms with Crippen LogP contribution in [0.4, 0.5) is 0 Å². The van der Waals surface area contributed by atoms with E-state index in [1.807, 2.05) is 11.9 Å². The highest BCUT2D eigenvalue weighted by Gasteiger charge is 2.25. The summed E-state index contributed by atoms with van der Waals surface area (Å²) in [6.45, 7) is 2.04. The molecule has 1 aliphatic heterocycles. The van der Waals surface area contributed by atoms with Crippen LogP contribution >= 0.6 is 0 Å². The first-order chi connectivity index (χ1) is 8.27. The summed E-state index contributed by atoms with van der Waals surface area (Å²) < 4.78 is 0. The van der Waals surface area contributed by atoms with Crippen LogP contribution in [0.2, 0.25) is 0 Å². The maximum absolute atomic E-state index is 12.2. The van der Waals surface area contributed by atoms with E-state index in [4.69, 9.17) is 0 Å². The number of nitrogens with zero attached hydrogens (tertiary/aromatic N) is 1. The minimum absolute atomic E-state index is 0.366. The molecule has 1 amide bonds. The molecule has 2 fully saturated rings. The highest BCUT2D eigenvalue weighted by atomic mass is 16.2. The van der Waals surface area contributed by atoms with Crippen molar-refractivity contribution in [1.29, 1.82) is 0 Å². The molecule has 1 N–H and O–H groups in total. The fraction of sp³-hybridized carbons (Fsp3) is 0.929. The van der Waals surface area contributed by atoms with E-state index in [9.17, 15) is 4.79 Å². The van der Waals surface area contributed by atoms with E-state index in [2.05, 4.69) is 5.32 Å². The number of likely N-dealkylation sites (N-methyl/N-ethyl adjacent to an activating group) is 1. The highest BCUT2D eigenvalue weighted by Crippen LogP contribution is 2.26. The number of carbonyl (C=O) groups excluding carboxylic acids is 1. The van der Waals surface area contributed by atoms with Crippen molar-refractivity contribution in [2.24, 2.45) is 5.92 Å². The second-order valence-corrected chi connectivity index (χ2v) is 5.71. The van der Waals surface area contributed by atoms with E-state index in [1.165, 1.54) is 38.5 Å². The Morgan fingerprint density at radius 2 is 1.88 bits per heavy atom. The van der Waals surface area contributed by atoms with E-state index in [1.54, 1.807) is 0 Å². The van der Waals surface area contributed by atoms with Crippen LogP contribution in [0.15, 0.2) is 0 Å². The first-order valence-corrected chi connectivity index (χ1v) is 7.24. The molecule has 17 heavy (non-hydrogen) atoms. The van der Waals surface area contributed by atoms with Gasteiger partial charge in [-0.05, 0) is 31.7 Å². The second kappa shape index (κ2) is 6.39. The van der Waals surface area contributed by atoms with Gasteiger partial charge in [0.15, 0.2) is 0 Å². The summed E-state index contributed by atoms with van der Waals surface area (Å²) >= 11 is 0. The Balaban J connectivity index is 1.78. The highest BCUT2D eigenvalue weighted by molar-refractivity contribution is 5.76. The van der Waals surface area contributed by atoms with Gasteiger partial charge >= 0.3 is 0 Å². The molecular formula is C14H26N2O. The van der Waals surface area contributed by atoms with Gasteiger partial charge in [0.05, 0.1) is 0 Å². The monoisotopic (exact) mass is 238 g/mol. The predicted octanol–water partition coefficient (Wildman–Crippen LogP) is 2.17. The summed E-state index contributed by atoms with van der Waals surface area (Å²) in [7, 11) is 1.98. The Labute approximate surface area is 105 Å². The maximum Gasteiger partial charge on any atom is 0.222 e. The van der Waals surface area contributed by atoms with Gasteiger partial charge in [-0.2, -0.15) is 0 Å². The van der Waals surface area contributed by atoms with Crippen molar-refractivity contribution in [2.75, 3.05) is 20.1 Å². The van der Waals surface area contributed by atoms with Gasteiger partial charge in [0.2, 0.25) is 5.91 Å². The molecule has 0 bridgehead atoms. The van der Waals surface area contributed by atoms with Crippen LogP contribution in [0.5, 0.6) is 0 Å². The molecule has 1 heterocycles. The van der Waals surface area contributed by atoms with Crippen molar-refractivity contribution in [2.45, 2.75) is 57.4 Å². The Morgan fingerprint density at radius 3 is 2.47 bits per heavy atom. The lowest BCUT2D eigenvalue weighted by atomic mass is 9.96. The molecule has 3 nitrogen and oxygen atoms in total. The molecule has 2 rings (SSSR count). The van der Waals surface area contributed by atoms with Crippen molar-refractivity contribution >= 4 is 5.91 Å². The van der Waals surface area contributed by atoms with E-state index < -0.39 is 0 Å². The SMILES string of the molecule is CN(C(=O)CC1CCCCCC1)C1CCNC1. The maximum atomic E-state index is 12.2. The van der Waals surface area contributed by atoms with Crippen molar-refractivity contribution in [3.05, 3.63) is 0 Å². The molecule has 0 aromatic rings. The summed E-state index contributed by atoms with van der Waals surface area (Å²) in [5.41, 5.74) is 0. The van der Waals surface area contributed by atoms with Gasteiger partial charge in [0.25, 0.3) is 0 Å². The van der Waals surface area contributed by atoms with Crippen molar-refractivity contribution < 1.29 is 4.79 Å². The zero-order valence-electron chi connectivity index (χ0n) is 11.1. The summed E-state index contributed by atoms with van der Waals surface area (Å²) in [6, 6.07) is 0.438. The number of carbonyl (C=O) groups is 1. The fourth-order valence-corrected chi connectivity index (χ4v) is 3.13. The van der Waals surface area contributed by atoms with Crippen LogP contribution in [0, 0.1) is 5.92 Å². The Bertz CT molecular complexity index is 241. The Hall–Kier alpha value is -0.570. The van der Waals surface area contributed by atoms with Gasteiger partial charge in [-0.3, -0.25) is 4.79 Å². The third kappa shape index (κ3) is 3.70. The smallest absolute Gasteiger partial charge is 0.222 e. The van der Waals surface area contributed by atoms with Gasteiger partial charge in [-0.25, -0.2) is 0 Å². The van der Waals surface area contributed by atoms with Crippen molar-refractivity contribution in [3.63, 3.8) is 0 Å². The van der Waals surface area contributed by atoms with Crippen LogP contribution in [-0.4, -0.2) is 37.0 Å². The molecular weight excluding hydrogens is 212 g/mol. The molecule has 0 radical (unpaired) electrons. The molecule has 1 saturated carbocycles. The van der Waals surface area contributed by atoms with E-state index in [0.717, 1.165) is 25.9 Å². The van der Waals surface area contributed by atoms with Gasteiger partial charge in [0, 0.05) is 26.1 Å². The number of nitrogens with one attached hydrogen (secondary N) is 1. The zero-order chi connectivity index (χ0) is 12.1. The van der Waals surface area contributed by atoms with Gasteiger partial charge < -0.3 is 10.2 Å². The number of amides is 1. The van der Waals surface area contributed by atoms with Crippen LogP contribution < -0.4 is 5.32 Å². The molecule has 1 unspecified atom stereocenters. The standard InChI is InChI=1S/C14H26N2O/c1-16(13-8-9-15-11-13)14(17)10-12-6-4-2-3-5-7-12/h12-13,15H,2-11H2,1H3. The van der Waals surface area contributed by atoms with Crippen LogP contribution in [0.3, 0.4) is 0 Å². The molecule has 1 saturated heterocycles. The van der Waals surface area contributed by atoms with E-state index in [0.29, 0.717) is 17.9 Å². The van der Waals surface area contributed by atoms with Crippen LogP contribution in [0.1, 0.15) is 51.4 Å². The molecule has 1 aliphatic carbocycles. The predicted molar refractivity (Wildman–Crippen MR) is 69.9 cm³/mol. The van der Waals surface area contributed by atoms with Gasteiger partial charge in [0.1, 0.15) is 0 Å². The normalized spacial score (nSPS) is 26.8. The first kappa shape index (κ1) is 12.9. The lowest BCUT2D eigenvalue weighted by Gasteiger charge is -2.25. The quantitative estimate of drug-likeness (QED) is 0.764. The van der Waals surface area contributed by atoms with Crippen LogP contribution in [-0.2, 0) is 4.79 Å². The first-order valence-electron chi connectivity index (χ1n) is 7.24. The molecule has 0 spiro atoms. The van der Waals surface area contributed by atoms with Gasteiger partial charge in [-0.15, -0.1) is 0 Å². The Kier molecular flexibility index (Phi) is 4.84. The molecule has 2 aliphatic rings. The molecule has 3 heteroatoms.